The van der Waals surface area contributed by atoms with Crippen LogP contribution in [0.5, 0.6) is 0 Å². The fourth-order valence-corrected chi connectivity index (χ4v) is 2.47. The van der Waals surface area contributed by atoms with Crippen LogP contribution in [0.1, 0.15) is 36.4 Å². The standard InChI is InChI=1S/C23H21N5O2.ClH.Ni/c1-16(25-27-22(29)18-10-5-3-6-11-18)20-14-9-15-21(24-20)17(2)26-28-23(30)19-12-7-4-8-13-19;;/h3-15H,1-2H3,(H2,24,27,28,29,30);1H;/q;;+1/p-1. The first-order chi connectivity index (χ1) is 15.5. The molecule has 0 saturated heterocycles. The topological polar surface area (TPSA) is 109 Å². The van der Waals surface area contributed by atoms with E-state index in [-0.39, 0.29) is 11.8 Å². The molecule has 1 aromatic heterocycles. The molecule has 0 aliphatic rings. The molecule has 0 aliphatic heterocycles. The van der Waals surface area contributed by atoms with Gasteiger partial charge in [-0.2, -0.15) is 0 Å². The van der Waals surface area contributed by atoms with Crippen LogP contribution in [0.2, 0.25) is 0 Å². The third kappa shape index (κ3) is 7.41. The maximum atomic E-state index is 10.0. The van der Waals surface area contributed by atoms with E-state index in [0.717, 1.165) is 0 Å². The number of amides is 2. The van der Waals surface area contributed by atoms with E-state index in [0.29, 0.717) is 33.9 Å². The molecular weight excluding hydrogens is 472 g/mol. The van der Waals surface area contributed by atoms with E-state index in [9.17, 15) is 9.59 Å². The van der Waals surface area contributed by atoms with Crippen molar-refractivity contribution in [2.45, 2.75) is 13.8 Å². The predicted octanol–water partition coefficient (Wildman–Crippen LogP) is 5.07. The van der Waals surface area contributed by atoms with Crippen LogP contribution < -0.4 is 0 Å². The number of hydrogen-bond acceptors (Lipinski definition) is 3. The van der Waals surface area contributed by atoms with Gasteiger partial charge in [0, 0.05) is 11.4 Å². The van der Waals surface area contributed by atoms with Crippen molar-refractivity contribution in [1.82, 2.24) is 4.98 Å². The number of halogens is 1. The van der Waals surface area contributed by atoms with Crippen molar-refractivity contribution in [2.24, 2.45) is 10.2 Å². The molecular formula is C23H21ClN5NiO2. The predicted molar refractivity (Wildman–Crippen MR) is 126 cm³/mol. The molecule has 7 nitrogen and oxygen atoms in total. The molecule has 2 N–H and O–H groups in total. The third-order valence-electron chi connectivity index (χ3n) is 4.14. The molecule has 0 saturated carbocycles. The van der Waals surface area contributed by atoms with E-state index in [1.54, 1.807) is 50.2 Å². The summed E-state index contributed by atoms with van der Waals surface area (Å²) in [4.78, 5) is 24.6. The number of hydrogen-bond donors (Lipinski definition) is 0. The summed E-state index contributed by atoms with van der Waals surface area (Å²) in [7, 11) is 4.26. The van der Waals surface area contributed by atoms with Crippen LogP contribution in [0.15, 0.2) is 89.1 Å². The van der Waals surface area contributed by atoms with Gasteiger partial charge in [0.25, 0.3) is 11.8 Å². The number of rotatable bonds is 6. The van der Waals surface area contributed by atoms with Crippen LogP contribution in [0.3, 0.4) is 0 Å². The number of nitrogens with zero attached hydrogens (tertiary/aromatic N) is 5. The maximum absolute atomic E-state index is 10.0. The molecule has 3 aromatic rings. The number of aromatic nitrogens is 1. The van der Waals surface area contributed by atoms with Gasteiger partial charge in [0.2, 0.25) is 0 Å². The molecule has 32 heavy (non-hydrogen) atoms. The van der Waals surface area contributed by atoms with E-state index < -0.39 is 0 Å². The fraction of sp³-hybridized carbons (Fsp3) is 0.0870. The summed E-state index contributed by atoms with van der Waals surface area (Å²) in [5, 5.41) is 8.14. The SMILES string of the molecule is CC(=N[N-]C(=[OH+])c1ccccc1)c1cccc(C(C)=N[N-]C(=[OH+])c2ccccc2)n1.[Cl][Ni]. The first-order valence-electron chi connectivity index (χ1n) is 9.37. The molecule has 0 radical (unpaired) electrons. The second-order valence-electron chi connectivity index (χ2n) is 6.36. The van der Waals surface area contributed by atoms with Gasteiger partial charge >= 0.3 is 24.8 Å². The monoisotopic (exact) mass is 492 g/mol. The van der Waals surface area contributed by atoms with Gasteiger partial charge in [0.05, 0.1) is 22.5 Å². The van der Waals surface area contributed by atoms with Gasteiger partial charge < -0.3 is 21.1 Å². The summed E-state index contributed by atoms with van der Waals surface area (Å²) in [6.07, 6.45) is 0. The van der Waals surface area contributed by atoms with E-state index in [1.165, 1.54) is 0 Å². The van der Waals surface area contributed by atoms with E-state index in [1.807, 2.05) is 42.5 Å². The van der Waals surface area contributed by atoms with Crippen molar-refractivity contribution in [3.8, 4) is 0 Å². The molecule has 1 heterocycles. The number of benzene rings is 2. The van der Waals surface area contributed by atoms with Gasteiger partial charge in [-0.05, 0) is 50.2 Å². The van der Waals surface area contributed by atoms with Crippen LogP contribution in [0, 0.1) is 0 Å². The van der Waals surface area contributed by atoms with Gasteiger partial charge in [0.1, 0.15) is 0 Å². The van der Waals surface area contributed by atoms with Crippen LogP contribution in [-0.2, 0) is 14.6 Å². The van der Waals surface area contributed by atoms with Crippen LogP contribution in [0.25, 0.3) is 10.9 Å². The van der Waals surface area contributed by atoms with E-state index in [2.05, 4.69) is 50.8 Å². The average molecular weight is 494 g/mol. The van der Waals surface area contributed by atoms with Crippen LogP contribution in [0.4, 0.5) is 0 Å². The van der Waals surface area contributed by atoms with Crippen molar-refractivity contribution in [3.05, 3.63) is 112 Å². The molecule has 0 bridgehead atoms. The molecule has 9 heteroatoms. The minimum atomic E-state index is -0.172. The average Bonchev–Trinajstić information content (AvgIpc) is 2.87. The molecule has 167 valence electrons. The Balaban J connectivity index is 0.00000176. The fourth-order valence-electron chi connectivity index (χ4n) is 2.47. The molecule has 0 atom stereocenters. The zero-order chi connectivity index (χ0) is 23.3. The number of pyridine rings is 1. The third-order valence-corrected chi connectivity index (χ3v) is 4.14. The molecule has 0 spiro atoms. The summed E-state index contributed by atoms with van der Waals surface area (Å²) in [5.74, 6) is -0.343. The molecule has 2 aromatic carbocycles. The summed E-state index contributed by atoms with van der Waals surface area (Å²) >= 11 is 3.35. The Labute approximate surface area is 198 Å². The minimum absolute atomic E-state index is 0.172. The van der Waals surface area contributed by atoms with Gasteiger partial charge in [-0.1, -0.05) is 42.5 Å². The van der Waals surface area contributed by atoms with Gasteiger partial charge in [-0.25, -0.2) is 4.98 Å². The van der Waals surface area contributed by atoms with Crippen molar-refractivity contribution in [2.75, 3.05) is 0 Å². The second kappa shape index (κ2) is 13.1. The van der Waals surface area contributed by atoms with Crippen molar-refractivity contribution < 1.29 is 24.2 Å². The van der Waals surface area contributed by atoms with Gasteiger partial charge in [0.15, 0.2) is 0 Å². The van der Waals surface area contributed by atoms with Crippen LogP contribution >= 0.6 is 10.2 Å². The Morgan fingerprint density at radius 1 is 0.688 bits per heavy atom. The molecule has 2 amide bonds. The Kier molecular flexibility index (Phi) is 10.2. The van der Waals surface area contributed by atoms with Crippen molar-refractivity contribution in [1.29, 1.82) is 0 Å². The molecule has 3 rings (SSSR count). The molecule has 0 fully saturated rings. The Bertz CT molecular complexity index is 1020. The summed E-state index contributed by atoms with van der Waals surface area (Å²) in [5.41, 5.74) is 11.1. The first kappa shape index (κ1) is 24.9. The molecule has 0 unspecified atom stereocenters. The van der Waals surface area contributed by atoms with Crippen LogP contribution in [-0.4, -0.2) is 37.8 Å². The first-order valence-corrected chi connectivity index (χ1v) is 10.7. The Morgan fingerprint density at radius 3 is 1.44 bits per heavy atom. The van der Waals surface area contributed by atoms with E-state index in [4.69, 9.17) is 0 Å². The summed E-state index contributed by atoms with van der Waals surface area (Å²) in [6.45, 7) is 3.50. The zero-order valence-corrected chi connectivity index (χ0v) is 19.1. The van der Waals surface area contributed by atoms with E-state index >= 15 is 0 Å². The molecule has 0 aliphatic carbocycles. The second-order valence-corrected chi connectivity index (χ2v) is 6.36. The van der Waals surface area contributed by atoms with Gasteiger partial charge in [-0.15, -0.1) is 0 Å². The zero-order valence-electron chi connectivity index (χ0n) is 17.3. The summed E-state index contributed by atoms with van der Waals surface area (Å²) < 4.78 is 0. The Morgan fingerprint density at radius 2 is 1.06 bits per heavy atom. The van der Waals surface area contributed by atoms with Gasteiger partial charge in [-0.3, -0.25) is 9.59 Å². The Hall–Kier alpha value is -3.35. The van der Waals surface area contributed by atoms with Crippen molar-refractivity contribution >= 4 is 33.4 Å². The van der Waals surface area contributed by atoms with Crippen molar-refractivity contribution in [3.63, 3.8) is 0 Å². The number of carbonyl (C=O) groups excluding carboxylic acids is 2. The quantitative estimate of drug-likeness (QED) is 0.203. The summed E-state index contributed by atoms with van der Waals surface area (Å²) in [6, 6.07) is 23.3. The normalized spacial score (nSPS) is 11.2.